The van der Waals surface area contributed by atoms with E-state index >= 15 is 0 Å². The molecule has 4 nitrogen and oxygen atoms in total. The molecule has 142 valence electrons. The van der Waals surface area contributed by atoms with E-state index < -0.39 is 5.66 Å². The van der Waals surface area contributed by atoms with Crippen LogP contribution in [0.1, 0.15) is 11.1 Å². The molecule has 3 aliphatic rings. The Balaban J connectivity index is 1.67. The van der Waals surface area contributed by atoms with E-state index in [-0.39, 0.29) is 0 Å². The maximum atomic E-state index is 6.56. The van der Waals surface area contributed by atoms with Crippen molar-refractivity contribution in [1.29, 1.82) is 0 Å². The molecule has 0 bridgehead atoms. The second kappa shape index (κ2) is 4.44. The predicted octanol–water partition coefficient (Wildman–Crippen LogP) is 5.01. The van der Waals surface area contributed by atoms with Crippen LogP contribution in [0, 0.1) is 0 Å². The summed E-state index contributed by atoms with van der Waals surface area (Å²) in [7, 11) is 0. The molecule has 6 heterocycles. The fraction of sp³-hybridized carbons (Fsp3) is 0.0370. The number of nitrogens with zero attached hydrogens (tertiary/aromatic N) is 2. The van der Waals surface area contributed by atoms with Crippen molar-refractivity contribution in [2.24, 2.45) is 0 Å². The van der Waals surface area contributed by atoms with Crippen molar-refractivity contribution in [2.75, 3.05) is 0 Å². The molecule has 9 rings (SSSR count). The summed E-state index contributed by atoms with van der Waals surface area (Å²) in [6.45, 7) is 0. The third-order valence-electron chi connectivity index (χ3n) is 7.42. The Bertz CT molecular complexity index is 1830. The minimum absolute atomic E-state index is 0.493. The van der Waals surface area contributed by atoms with Crippen LogP contribution in [0.3, 0.4) is 0 Å². The van der Waals surface area contributed by atoms with E-state index in [9.17, 15) is 0 Å². The molecule has 1 atom stereocenters. The van der Waals surface area contributed by atoms with Gasteiger partial charge in [-0.1, -0.05) is 6.07 Å². The van der Waals surface area contributed by atoms with Crippen LogP contribution in [-0.2, 0) is 5.66 Å². The number of ether oxygens (including phenoxy) is 1. The summed E-state index contributed by atoms with van der Waals surface area (Å²) in [5.41, 5.74) is 5.62. The molecule has 3 aromatic carbocycles. The van der Waals surface area contributed by atoms with E-state index in [1.165, 1.54) is 44.1 Å². The van der Waals surface area contributed by atoms with Crippen LogP contribution in [0.15, 0.2) is 90.0 Å². The Kier molecular flexibility index (Phi) is 2.11. The largest absolute Gasteiger partial charge is 0.471 e. The van der Waals surface area contributed by atoms with Gasteiger partial charge in [0.25, 0.3) is 0 Å². The van der Waals surface area contributed by atoms with Gasteiger partial charge < -0.3 is 9.15 Å². The summed E-state index contributed by atoms with van der Waals surface area (Å²) in [6.07, 6.45) is 8.17. The lowest BCUT2D eigenvalue weighted by atomic mass is 9.86. The third-order valence-corrected chi connectivity index (χ3v) is 7.42. The zero-order chi connectivity index (χ0) is 19.9. The van der Waals surface area contributed by atoms with Crippen LogP contribution in [0.2, 0.25) is 0 Å². The minimum Gasteiger partial charge on any atom is -0.471 e. The smallest absolute Gasteiger partial charge is 0.425 e. The molecule has 0 radical (unpaired) electrons. The van der Waals surface area contributed by atoms with E-state index in [1.54, 1.807) is 0 Å². The van der Waals surface area contributed by atoms with E-state index in [1.807, 2.05) is 12.5 Å². The number of aromatic nitrogens is 2. The quantitative estimate of drug-likeness (QED) is 0.265. The summed E-state index contributed by atoms with van der Waals surface area (Å²) < 4.78 is 17.1. The number of benzene rings is 3. The first kappa shape index (κ1) is 14.7. The Morgan fingerprint density at radius 3 is 2.48 bits per heavy atom. The minimum atomic E-state index is -0.493. The van der Waals surface area contributed by atoms with Crippen molar-refractivity contribution in [3.8, 4) is 22.8 Å². The molecule has 4 heteroatoms. The Morgan fingerprint density at radius 2 is 1.52 bits per heavy atom. The number of rotatable bonds is 0. The van der Waals surface area contributed by atoms with Crippen molar-refractivity contribution < 1.29 is 18.3 Å². The number of furan rings is 1. The fourth-order valence-electron chi connectivity index (χ4n) is 6.43. The summed E-state index contributed by atoms with van der Waals surface area (Å²) in [4.78, 5) is 0. The predicted molar refractivity (Wildman–Crippen MR) is 115 cm³/mol. The van der Waals surface area contributed by atoms with Crippen molar-refractivity contribution >= 4 is 32.4 Å². The zero-order valence-electron chi connectivity index (χ0n) is 16.3. The first-order valence-corrected chi connectivity index (χ1v) is 10.5. The highest BCUT2D eigenvalue weighted by atomic mass is 16.5. The van der Waals surface area contributed by atoms with Gasteiger partial charge in [-0.25, -0.2) is 0 Å². The summed E-state index contributed by atoms with van der Waals surface area (Å²) in [6, 6.07) is 21.5. The lowest BCUT2D eigenvalue weighted by molar-refractivity contribution is -0.950. The molecule has 0 saturated heterocycles. The van der Waals surface area contributed by atoms with Crippen LogP contribution < -0.4 is 13.9 Å². The third kappa shape index (κ3) is 1.31. The number of fused-ring (bicyclic) bond motifs is 5. The zero-order valence-corrected chi connectivity index (χ0v) is 16.3. The van der Waals surface area contributed by atoms with E-state index in [4.69, 9.17) is 9.15 Å². The molecular weight excluding hydrogens is 384 g/mol. The second-order valence-electron chi connectivity index (χ2n) is 8.61. The normalized spacial score (nSPS) is 18.7. The Hall–Kier alpha value is -4.18. The second-order valence-corrected chi connectivity index (χ2v) is 8.61. The number of pyridine rings is 2. The standard InChI is InChI=1S/C27H14N2O2/c1-2-11-28-20(7-1)17-5-3-8-21-24(17)27(28)25-22(31-21)10-9-15-18-13-30-14-19(18)16-6-4-12-29(27)26(16)23(15)25/h1-14H/q+2. The molecule has 31 heavy (non-hydrogen) atoms. The SMILES string of the molecule is c1cc2c3c(c1)-c1cccc[n+]1C31c3c(ccc4c5cocc5c5ccc[n+]1c5c34)O2. The molecule has 3 aromatic heterocycles. The highest BCUT2D eigenvalue weighted by Crippen LogP contribution is 2.57. The molecule has 0 N–H and O–H groups in total. The van der Waals surface area contributed by atoms with Gasteiger partial charge in [-0.05, 0) is 36.4 Å². The molecule has 0 amide bonds. The lowest BCUT2D eigenvalue weighted by Crippen LogP contribution is -2.71. The number of hydrogen-bond acceptors (Lipinski definition) is 2. The van der Waals surface area contributed by atoms with Gasteiger partial charge in [0, 0.05) is 34.4 Å². The monoisotopic (exact) mass is 398 g/mol. The van der Waals surface area contributed by atoms with Gasteiger partial charge in [0.05, 0.1) is 28.9 Å². The van der Waals surface area contributed by atoms with Crippen LogP contribution in [0.25, 0.3) is 43.7 Å². The maximum absolute atomic E-state index is 6.56. The molecule has 0 fully saturated rings. The van der Waals surface area contributed by atoms with Gasteiger partial charge in [-0.2, -0.15) is 0 Å². The van der Waals surface area contributed by atoms with Crippen molar-refractivity contribution in [1.82, 2.24) is 0 Å². The molecule has 6 aromatic rings. The van der Waals surface area contributed by atoms with Crippen LogP contribution in [0.5, 0.6) is 11.5 Å². The first-order valence-electron chi connectivity index (χ1n) is 10.5. The van der Waals surface area contributed by atoms with E-state index in [0.29, 0.717) is 0 Å². The van der Waals surface area contributed by atoms with Crippen LogP contribution in [-0.4, -0.2) is 0 Å². The van der Waals surface area contributed by atoms with Gasteiger partial charge in [-0.3, -0.25) is 0 Å². The van der Waals surface area contributed by atoms with Crippen molar-refractivity contribution in [3.63, 3.8) is 0 Å². The van der Waals surface area contributed by atoms with Gasteiger partial charge in [0.15, 0.2) is 23.5 Å². The molecule has 1 spiro atoms. The average Bonchev–Trinajstić information content (AvgIpc) is 3.50. The molecule has 0 aliphatic carbocycles. The lowest BCUT2D eigenvalue weighted by Gasteiger charge is -2.25. The van der Waals surface area contributed by atoms with E-state index in [2.05, 4.69) is 82.2 Å². The van der Waals surface area contributed by atoms with Crippen molar-refractivity contribution in [2.45, 2.75) is 5.66 Å². The molecule has 3 aliphatic heterocycles. The van der Waals surface area contributed by atoms with E-state index in [0.717, 1.165) is 22.3 Å². The number of hydrogen-bond donors (Lipinski definition) is 0. The van der Waals surface area contributed by atoms with Gasteiger partial charge >= 0.3 is 5.66 Å². The molecular formula is C27H14N2O2+2. The summed E-state index contributed by atoms with van der Waals surface area (Å²) in [5.74, 6) is 1.86. The molecule has 0 saturated carbocycles. The summed E-state index contributed by atoms with van der Waals surface area (Å²) >= 11 is 0. The average molecular weight is 398 g/mol. The highest BCUT2D eigenvalue weighted by molar-refractivity contribution is 6.25. The van der Waals surface area contributed by atoms with Gasteiger partial charge in [0.1, 0.15) is 11.5 Å². The fourth-order valence-corrected chi connectivity index (χ4v) is 6.43. The Morgan fingerprint density at radius 1 is 0.645 bits per heavy atom. The Labute approximate surface area is 176 Å². The van der Waals surface area contributed by atoms with Gasteiger partial charge in [0.2, 0.25) is 11.2 Å². The molecule has 1 unspecified atom stereocenters. The highest BCUT2D eigenvalue weighted by Gasteiger charge is 2.70. The first-order chi connectivity index (χ1) is 15.4. The van der Waals surface area contributed by atoms with Crippen molar-refractivity contribution in [3.05, 3.63) is 96.7 Å². The van der Waals surface area contributed by atoms with Gasteiger partial charge in [-0.15, -0.1) is 9.13 Å². The maximum Gasteiger partial charge on any atom is 0.425 e. The van der Waals surface area contributed by atoms with Crippen LogP contribution in [0.4, 0.5) is 0 Å². The van der Waals surface area contributed by atoms with Crippen LogP contribution >= 0.6 is 0 Å². The topological polar surface area (TPSA) is 30.1 Å². The summed E-state index contributed by atoms with van der Waals surface area (Å²) in [5, 5.41) is 5.97.